The number of hydrogen-bond donors (Lipinski definition) is 2. The third-order valence-electron chi connectivity index (χ3n) is 12.8. The number of rotatable bonds is 8. The van der Waals surface area contributed by atoms with Gasteiger partial charge in [0, 0.05) is 11.5 Å². The molecule has 6 unspecified atom stereocenters. The number of para-hydroxylation sites is 2. The SMILES string of the molecule is COc1cc(C=CC2C3=CCC4C(=O)N(c5ccc(-c6nc7ccccc7o6)cc5)C(=O)C4C3CC3C(=O)N(Nc4ccc(C)cc4)C(=O)C23c2ccccc2)ccc1O. The molecule has 2 aliphatic heterocycles. The average molecular weight is 797 g/mol. The van der Waals surface area contributed by atoms with Crippen molar-refractivity contribution < 1.29 is 33.4 Å². The number of carbonyl (C=O) groups is 4. The van der Waals surface area contributed by atoms with Gasteiger partial charge in [-0.2, -0.15) is 5.01 Å². The van der Waals surface area contributed by atoms with E-state index < -0.39 is 46.8 Å². The smallest absolute Gasteiger partial charge is 0.260 e. The van der Waals surface area contributed by atoms with E-state index in [9.17, 15) is 19.5 Å². The molecule has 1 aromatic heterocycles. The van der Waals surface area contributed by atoms with Gasteiger partial charge in [0.05, 0.1) is 41.7 Å². The summed E-state index contributed by atoms with van der Waals surface area (Å²) >= 11 is 0. The lowest BCUT2D eigenvalue weighted by Gasteiger charge is -2.49. The number of aryl methyl sites for hydroxylation is 1. The van der Waals surface area contributed by atoms with Crippen molar-refractivity contribution in [2.24, 2.45) is 29.6 Å². The number of aromatic hydroxyl groups is 1. The van der Waals surface area contributed by atoms with Gasteiger partial charge in [0.25, 0.3) is 11.8 Å². The summed E-state index contributed by atoms with van der Waals surface area (Å²) in [6.45, 7) is 1.96. The second-order valence-electron chi connectivity index (χ2n) is 16.0. The van der Waals surface area contributed by atoms with Gasteiger partial charge in [-0.1, -0.05) is 90.0 Å². The van der Waals surface area contributed by atoms with Crippen LogP contribution in [0.3, 0.4) is 0 Å². The van der Waals surface area contributed by atoms with Gasteiger partial charge in [-0.05, 0) is 97.5 Å². The van der Waals surface area contributed by atoms with Crippen LogP contribution < -0.4 is 15.1 Å². The maximum Gasteiger partial charge on any atom is 0.260 e. The summed E-state index contributed by atoms with van der Waals surface area (Å²) < 4.78 is 11.4. The molecular formula is C49H40N4O7. The highest BCUT2D eigenvalue weighted by Gasteiger charge is 2.69. The molecule has 3 fully saturated rings. The molecule has 10 rings (SSSR count). The molecule has 4 amide bonds. The van der Waals surface area contributed by atoms with Gasteiger partial charge < -0.3 is 14.3 Å². The first-order chi connectivity index (χ1) is 29.2. The third-order valence-corrected chi connectivity index (χ3v) is 12.8. The van der Waals surface area contributed by atoms with Gasteiger partial charge in [0.1, 0.15) is 5.52 Å². The van der Waals surface area contributed by atoms with E-state index in [1.54, 1.807) is 36.4 Å². The van der Waals surface area contributed by atoms with Crippen LogP contribution in [0.1, 0.15) is 29.5 Å². The number of aromatic nitrogens is 1. The Hall–Kier alpha value is -7.27. The summed E-state index contributed by atoms with van der Waals surface area (Å²) in [7, 11) is 1.47. The quantitative estimate of drug-likeness (QED) is 0.115. The highest BCUT2D eigenvalue weighted by atomic mass is 16.5. The Labute approximate surface area is 345 Å². The molecular weight excluding hydrogens is 757 g/mol. The summed E-state index contributed by atoms with van der Waals surface area (Å²) in [6, 6.07) is 36.4. The number of benzene rings is 5. The maximum atomic E-state index is 15.3. The Morgan fingerprint density at radius 3 is 2.35 bits per heavy atom. The molecule has 11 heteroatoms. The predicted molar refractivity (Wildman–Crippen MR) is 225 cm³/mol. The molecule has 2 aliphatic carbocycles. The number of amides is 4. The van der Waals surface area contributed by atoms with Crippen molar-refractivity contribution in [3.63, 3.8) is 0 Å². The van der Waals surface area contributed by atoms with Crippen molar-refractivity contribution in [1.82, 2.24) is 9.99 Å². The van der Waals surface area contributed by atoms with Crippen molar-refractivity contribution in [3.8, 4) is 23.0 Å². The number of oxazole rings is 1. The van der Waals surface area contributed by atoms with E-state index in [0.29, 0.717) is 46.0 Å². The number of fused-ring (bicyclic) bond motifs is 5. The molecule has 6 aromatic rings. The third kappa shape index (κ3) is 5.67. The number of ether oxygens (including phenoxy) is 1. The first-order valence-corrected chi connectivity index (χ1v) is 20.0. The van der Waals surface area contributed by atoms with E-state index in [-0.39, 0.29) is 29.7 Å². The van der Waals surface area contributed by atoms with Crippen LogP contribution in [-0.2, 0) is 24.6 Å². The van der Waals surface area contributed by atoms with Crippen LogP contribution in [0.5, 0.6) is 11.5 Å². The molecule has 3 heterocycles. The second-order valence-corrected chi connectivity index (χ2v) is 16.0. The Morgan fingerprint density at radius 1 is 0.850 bits per heavy atom. The molecule has 2 N–H and O–H groups in total. The number of hydrogen-bond acceptors (Lipinski definition) is 9. The Bertz CT molecular complexity index is 2740. The Kier molecular flexibility index (Phi) is 8.78. The van der Waals surface area contributed by atoms with E-state index in [1.165, 1.54) is 18.1 Å². The van der Waals surface area contributed by atoms with Crippen molar-refractivity contribution in [2.45, 2.75) is 25.2 Å². The number of nitrogens with zero attached hydrogens (tertiary/aromatic N) is 3. The fraction of sp³-hybridized carbons (Fsp3) is 0.204. The highest BCUT2D eigenvalue weighted by molar-refractivity contribution is 6.22. The van der Waals surface area contributed by atoms with E-state index >= 15 is 4.79 Å². The molecule has 4 aliphatic rings. The number of nitrogens with one attached hydrogen (secondary N) is 1. The average Bonchev–Trinajstić information content (AvgIpc) is 3.89. The highest BCUT2D eigenvalue weighted by Crippen LogP contribution is 2.61. The standard InChI is InChI=1S/C49H40N4O7/c1-28-12-18-32(19-13-28)51-53-46(56)38-27-36-34(37(24-14-29-15-25-40(54)42(26-29)59-2)49(38,48(53)58)31-8-4-3-5-9-31)22-23-35-43(36)47(57)52(45(35)55)33-20-16-30(17-21-33)44-50-39-10-6-7-11-41(39)60-44/h3-22,24-26,35-38,43,51,54H,23,27H2,1-2H3. The number of imide groups is 2. The van der Waals surface area contributed by atoms with Gasteiger partial charge in [-0.3, -0.25) is 29.5 Å². The van der Waals surface area contributed by atoms with E-state index in [4.69, 9.17) is 9.15 Å². The molecule has 6 atom stereocenters. The van der Waals surface area contributed by atoms with Gasteiger partial charge >= 0.3 is 0 Å². The van der Waals surface area contributed by atoms with E-state index in [0.717, 1.165) is 21.7 Å². The van der Waals surface area contributed by atoms with Gasteiger partial charge in [0.2, 0.25) is 17.7 Å². The van der Waals surface area contributed by atoms with Crippen molar-refractivity contribution in [1.29, 1.82) is 0 Å². The molecule has 5 aromatic carbocycles. The molecule has 60 heavy (non-hydrogen) atoms. The molecule has 0 radical (unpaired) electrons. The van der Waals surface area contributed by atoms with Gasteiger partial charge in [-0.25, -0.2) is 4.98 Å². The van der Waals surface area contributed by atoms with Gasteiger partial charge in [-0.15, -0.1) is 0 Å². The maximum absolute atomic E-state index is 15.3. The molecule has 0 spiro atoms. The summed E-state index contributed by atoms with van der Waals surface area (Å²) in [5.74, 6) is -4.25. The zero-order valence-corrected chi connectivity index (χ0v) is 32.8. The van der Waals surface area contributed by atoms with Crippen LogP contribution in [0.15, 0.2) is 143 Å². The van der Waals surface area contributed by atoms with Crippen LogP contribution in [0.25, 0.3) is 28.6 Å². The van der Waals surface area contributed by atoms with Crippen molar-refractivity contribution >= 4 is 52.2 Å². The van der Waals surface area contributed by atoms with Crippen LogP contribution in [0.2, 0.25) is 0 Å². The number of allylic oxidation sites excluding steroid dienone is 3. The van der Waals surface area contributed by atoms with Crippen LogP contribution in [0, 0.1) is 36.5 Å². The summed E-state index contributed by atoms with van der Waals surface area (Å²) in [5, 5.41) is 11.5. The number of phenolic OH excluding ortho intramolecular Hbond substituents is 1. The van der Waals surface area contributed by atoms with E-state index in [1.807, 2.05) is 104 Å². The second kappa shape index (κ2) is 14.2. The minimum absolute atomic E-state index is 0.0154. The minimum Gasteiger partial charge on any atom is -0.504 e. The fourth-order valence-corrected chi connectivity index (χ4v) is 10.0. The lowest BCUT2D eigenvalue weighted by atomic mass is 9.50. The van der Waals surface area contributed by atoms with Crippen LogP contribution in [0.4, 0.5) is 11.4 Å². The van der Waals surface area contributed by atoms with Gasteiger partial charge in [0.15, 0.2) is 17.1 Å². The lowest BCUT2D eigenvalue weighted by molar-refractivity contribution is -0.139. The normalized spacial score (nSPS) is 24.8. The van der Waals surface area contributed by atoms with Crippen LogP contribution in [-0.4, -0.2) is 45.8 Å². The molecule has 11 nitrogen and oxygen atoms in total. The monoisotopic (exact) mass is 796 g/mol. The summed E-state index contributed by atoms with van der Waals surface area (Å²) in [6.07, 6.45) is 6.30. The Morgan fingerprint density at radius 2 is 1.60 bits per heavy atom. The topological polar surface area (TPSA) is 142 Å². The summed E-state index contributed by atoms with van der Waals surface area (Å²) in [5.41, 5.74) is 8.09. The fourth-order valence-electron chi connectivity index (χ4n) is 10.0. The molecule has 0 bridgehead atoms. The predicted octanol–water partition coefficient (Wildman–Crippen LogP) is 8.25. The first-order valence-electron chi connectivity index (χ1n) is 20.0. The molecule has 1 saturated carbocycles. The number of anilines is 2. The zero-order chi connectivity index (χ0) is 41.3. The van der Waals surface area contributed by atoms with Crippen molar-refractivity contribution in [2.75, 3.05) is 17.4 Å². The lowest BCUT2D eigenvalue weighted by Crippen LogP contribution is -2.54. The molecule has 2 saturated heterocycles. The van der Waals surface area contributed by atoms with E-state index in [2.05, 4.69) is 10.4 Å². The number of methoxy groups -OCH3 is 1. The molecule has 298 valence electrons. The number of hydrazine groups is 1. The van der Waals surface area contributed by atoms with Crippen molar-refractivity contribution in [3.05, 3.63) is 156 Å². The number of carbonyl (C=O) groups excluding carboxylic acids is 4. The Balaban J connectivity index is 1.06. The first kappa shape index (κ1) is 37.0. The van der Waals surface area contributed by atoms with Crippen LogP contribution >= 0.6 is 0 Å². The largest absolute Gasteiger partial charge is 0.504 e. The minimum atomic E-state index is -1.39. The number of phenols is 1. The zero-order valence-electron chi connectivity index (χ0n) is 32.8. The summed E-state index contributed by atoms with van der Waals surface area (Å²) in [4.78, 5) is 65.3.